The predicted molar refractivity (Wildman–Crippen MR) is 134 cm³/mol. The summed E-state index contributed by atoms with van der Waals surface area (Å²) in [4.78, 5) is 32.4. The van der Waals surface area contributed by atoms with Crippen molar-refractivity contribution in [2.24, 2.45) is 0 Å². The van der Waals surface area contributed by atoms with Crippen LogP contribution in [0.25, 0.3) is 10.9 Å². The topological polar surface area (TPSA) is 65.2 Å². The summed E-state index contributed by atoms with van der Waals surface area (Å²) < 4.78 is 0. The lowest BCUT2D eigenvalue weighted by Crippen LogP contribution is -2.35. The van der Waals surface area contributed by atoms with Gasteiger partial charge in [-0.2, -0.15) is 0 Å². The Balaban J connectivity index is 1.21. The SMILES string of the molecule is Cc1c(NC(=O)CCCc2c[nH]c3ccccc23)cccc1C(=O)N1CCc2sccc2C1. The number of aryl methyl sites for hydroxylation is 1. The zero-order chi connectivity index (χ0) is 22.8. The van der Waals surface area contributed by atoms with E-state index < -0.39 is 0 Å². The number of nitrogens with zero attached hydrogens (tertiary/aromatic N) is 1. The first kappa shape index (κ1) is 21.5. The van der Waals surface area contributed by atoms with E-state index >= 15 is 0 Å². The van der Waals surface area contributed by atoms with E-state index in [4.69, 9.17) is 0 Å². The molecule has 0 spiro atoms. The molecule has 1 aliphatic rings. The quantitative estimate of drug-likeness (QED) is 0.390. The zero-order valence-corrected chi connectivity index (χ0v) is 19.5. The van der Waals surface area contributed by atoms with Gasteiger partial charge in [0.25, 0.3) is 5.91 Å². The van der Waals surface area contributed by atoms with Gasteiger partial charge in [0.05, 0.1) is 0 Å². The van der Waals surface area contributed by atoms with E-state index in [0.29, 0.717) is 24.2 Å². The molecule has 0 bridgehead atoms. The third-order valence-electron chi connectivity index (χ3n) is 6.46. The predicted octanol–water partition coefficient (Wildman–Crippen LogP) is 5.70. The van der Waals surface area contributed by atoms with Gasteiger partial charge in [-0.3, -0.25) is 9.59 Å². The van der Waals surface area contributed by atoms with Gasteiger partial charge in [-0.25, -0.2) is 0 Å². The van der Waals surface area contributed by atoms with Crippen molar-refractivity contribution in [2.45, 2.75) is 39.2 Å². The van der Waals surface area contributed by atoms with Crippen molar-refractivity contribution in [1.82, 2.24) is 9.88 Å². The van der Waals surface area contributed by atoms with Gasteiger partial charge < -0.3 is 15.2 Å². The van der Waals surface area contributed by atoms with Gasteiger partial charge in [-0.15, -0.1) is 11.3 Å². The van der Waals surface area contributed by atoms with Crippen LogP contribution in [-0.2, 0) is 24.2 Å². The Hall–Kier alpha value is -3.38. The lowest BCUT2D eigenvalue weighted by molar-refractivity contribution is -0.116. The molecule has 3 heterocycles. The summed E-state index contributed by atoms with van der Waals surface area (Å²) in [5.74, 6) is 0.00297. The van der Waals surface area contributed by atoms with Crippen LogP contribution in [0.2, 0.25) is 0 Å². The average molecular weight is 458 g/mol. The molecular formula is C27H27N3O2S. The Morgan fingerprint density at radius 2 is 2.00 bits per heavy atom. The van der Waals surface area contributed by atoms with Crippen LogP contribution in [0.3, 0.4) is 0 Å². The molecule has 0 fully saturated rings. The standard InChI is InChI=1S/C27H27N3O2S/c1-18-21(27(32)30-14-12-25-20(17-30)13-15-33-25)8-5-10-23(18)29-26(31)11-4-6-19-16-28-24-9-3-2-7-22(19)24/h2-3,5,7-10,13,15-16,28H,4,6,11-12,14,17H2,1H3,(H,29,31). The average Bonchev–Trinajstić information content (AvgIpc) is 3.47. The van der Waals surface area contributed by atoms with Gasteiger partial charge in [0.15, 0.2) is 0 Å². The van der Waals surface area contributed by atoms with Gasteiger partial charge >= 0.3 is 0 Å². The number of anilines is 1. The Labute approximate surface area is 197 Å². The molecule has 2 aromatic heterocycles. The molecule has 0 atom stereocenters. The minimum Gasteiger partial charge on any atom is -0.361 e. The van der Waals surface area contributed by atoms with Gasteiger partial charge in [0.2, 0.25) is 5.91 Å². The highest BCUT2D eigenvalue weighted by Gasteiger charge is 2.24. The van der Waals surface area contributed by atoms with Crippen molar-refractivity contribution in [3.8, 4) is 0 Å². The summed E-state index contributed by atoms with van der Waals surface area (Å²) >= 11 is 1.77. The van der Waals surface area contributed by atoms with Crippen molar-refractivity contribution in [3.63, 3.8) is 0 Å². The van der Waals surface area contributed by atoms with Gasteiger partial charge in [0, 0.05) is 52.7 Å². The number of carbonyl (C=O) groups excluding carboxylic acids is 2. The Morgan fingerprint density at radius 3 is 2.91 bits per heavy atom. The second-order valence-corrected chi connectivity index (χ2v) is 9.59. The fourth-order valence-corrected chi connectivity index (χ4v) is 5.48. The molecule has 2 amide bonds. The first-order chi connectivity index (χ1) is 16.1. The smallest absolute Gasteiger partial charge is 0.254 e. The maximum Gasteiger partial charge on any atom is 0.254 e. The van der Waals surface area contributed by atoms with E-state index in [1.807, 2.05) is 48.4 Å². The third-order valence-corrected chi connectivity index (χ3v) is 7.48. The summed E-state index contributed by atoms with van der Waals surface area (Å²) in [7, 11) is 0. The highest BCUT2D eigenvalue weighted by atomic mass is 32.1. The molecule has 0 radical (unpaired) electrons. The molecule has 0 saturated heterocycles. The number of hydrogen-bond donors (Lipinski definition) is 2. The van der Waals surface area contributed by atoms with Crippen LogP contribution in [0.15, 0.2) is 60.1 Å². The lowest BCUT2D eigenvalue weighted by atomic mass is 10.0. The number of nitrogens with one attached hydrogen (secondary N) is 2. The van der Waals surface area contributed by atoms with Crippen molar-refractivity contribution in [2.75, 3.05) is 11.9 Å². The van der Waals surface area contributed by atoms with E-state index in [1.54, 1.807) is 11.3 Å². The minimum absolute atomic E-state index is 0.0246. The van der Waals surface area contributed by atoms with Crippen molar-refractivity contribution in [3.05, 3.63) is 87.2 Å². The highest BCUT2D eigenvalue weighted by Crippen LogP contribution is 2.27. The second kappa shape index (κ2) is 9.24. The van der Waals surface area contributed by atoms with Crippen molar-refractivity contribution < 1.29 is 9.59 Å². The maximum absolute atomic E-state index is 13.2. The Kier molecular flexibility index (Phi) is 6.01. The maximum atomic E-state index is 13.2. The number of rotatable bonds is 6. The molecule has 2 N–H and O–H groups in total. The fraction of sp³-hybridized carbons (Fsp3) is 0.259. The zero-order valence-electron chi connectivity index (χ0n) is 18.7. The number of hydrogen-bond acceptors (Lipinski definition) is 3. The van der Waals surface area contributed by atoms with Crippen molar-refractivity contribution in [1.29, 1.82) is 0 Å². The lowest BCUT2D eigenvalue weighted by Gasteiger charge is -2.28. The number of aromatic amines is 1. The Morgan fingerprint density at radius 1 is 1.12 bits per heavy atom. The molecule has 0 saturated carbocycles. The molecule has 168 valence electrons. The van der Waals surface area contributed by atoms with Gasteiger partial charge in [0.1, 0.15) is 0 Å². The molecule has 4 aromatic rings. The second-order valence-electron chi connectivity index (χ2n) is 8.59. The number of fused-ring (bicyclic) bond motifs is 2. The van der Waals surface area contributed by atoms with E-state index in [9.17, 15) is 9.59 Å². The van der Waals surface area contributed by atoms with Crippen LogP contribution in [0, 0.1) is 6.92 Å². The molecular weight excluding hydrogens is 430 g/mol. The molecule has 5 rings (SSSR count). The summed E-state index contributed by atoms with van der Waals surface area (Å²) in [6.45, 7) is 3.30. The number of carbonyl (C=O) groups is 2. The largest absolute Gasteiger partial charge is 0.361 e. The highest BCUT2D eigenvalue weighted by molar-refractivity contribution is 7.10. The van der Waals surface area contributed by atoms with Gasteiger partial charge in [-0.05, 0) is 72.5 Å². The van der Waals surface area contributed by atoms with Crippen molar-refractivity contribution >= 4 is 39.7 Å². The molecule has 6 heteroatoms. The fourth-order valence-electron chi connectivity index (χ4n) is 4.59. The van der Waals surface area contributed by atoms with E-state index in [2.05, 4.69) is 33.9 Å². The summed E-state index contributed by atoms with van der Waals surface area (Å²) in [6.07, 6.45) is 4.98. The van der Waals surface area contributed by atoms with Crippen LogP contribution in [-0.4, -0.2) is 28.2 Å². The number of para-hydroxylation sites is 1. The molecule has 2 aromatic carbocycles. The van der Waals surface area contributed by atoms with E-state index in [1.165, 1.54) is 21.4 Å². The van der Waals surface area contributed by atoms with Crippen LogP contribution in [0.4, 0.5) is 5.69 Å². The van der Waals surface area contributed by atoms with Crippen LogP contribution in [0.5, 0.6) is 0 Å². The van der Waals surface area contributed by atoms with E-state index in [-0.39, 0.29) is 11.8 Å². The monoisotopic (exact) mass is 457 g/mol. The summed E-state index contributed by atoms with van der Waals surface area (Å²) in [5, 5.41) is 6.33. The first-order valence-electron chi connectivity index (χ1n) is 11.4. The normalized spacial score (nSPS) is 13.2. The van der Waals surface area contributed by atoms with Crippen LogP contribution in [0.1, 0.15) is 44.8 Å². The molecule has 1 aliphatic heterocycles. The first-order valence-corrected chi connectivity index (χ1v) is 12.3. The minimum atomic E-state index is -0.0246. The molecule has 0 aliphatic carbocycles. The molecule has 33 heavy (non-hydrogen) atoms. The number of amides is 2. The third kappa shape index (κ3) is 4.44. The molecule has 0 unspecified atom stereocenters. The number of thiophene rings is 1. The van der Waals surface area contributed by atoms with E-state index in [0.717, 1.165) is 36.9 Å². The van der Waals surface area contributed by atoms with Crippen LogP contribution >= 0.6 is 11.3 Å². The molecule has 5 nitrogen and oxygen atoms in total. The number of H-pyrrole nitrogens is 1. The number of aromatic nitrogens is 1. The van der Waals surface area contributed by atoms with Crippen LogP contribution < -0.4 is 5.32 Å². The summed E-state index contributed by atoms with van der Waals surface area (Å²) in [6, 6.07) is 15.9. The van der Waals surface area contributed by atoms with Gasteiger partial charge in [-0.1, -0.05) is 24.3 Å². The summed E-state index contributed by atoms with van der Waals surface area (Å²) in [5.41, 5.74) is 5.80. The number of benzene rings is 2. The Bertz CT molecular complexity index is 1320.